The summed E-state index contributed by atoms with van der Waals surface area (Å²) < 4.78 is 16.9. The van der Waals surface area contributed by atoms with Crippen molar-refractivity contribution < 1.29 is 28.6 Å². The van der Waals surface area contributed by atoms with Gasteiger partial charge in [-0.05, 0) is 70.6 Å². The van der Waals surface area contributed by atoms with Crippen LogP contribution in [0, 0.1) is 0 Å². The van der Waals surface area contributed by atoms with Crippen LogP contribution in [-0.4, -0.2) is 37.2 Å². The van der Waals surface area contributed by atoms with E-state index in [1.807, 2.05) is 0 Å². The molecule has 418 valence electrons. The molecule has 0 spiro atoms. The molecule has 0 radical (unpaired) electrons. The van der Waals surface area contributed by atoms with Crippen LogP contribution >= 0.6 is 0 Å². The zero-order valence-corrected chi connectivity index (χ0v) is 48.0. The van der Waals surface area contributed by atoms with E-state index in [1.165, 1.54) is 244 Å². The Morgan fingerprint density at radius 3 is 0.704 bits per heavy atom. The van der Waals surface area contributed by atoms with E-state index in [1.54, 1.807) is 0 Å². The van der Waals surface area contributed by atoms with Crippen molar-refractivity contribution in [2.75, 3.05) is 13.2 Å². The summed E-state index contributed by atoms with van der Waals surface area (Å²) in [5.74, 6) is -0.865. The van der Waals surface area contributed by atoms with E-state index in [0.717, 1.165) is 70.6 Å². The van der Waals surface area contributed by atoms with Crippen LogP contribution in [0.15, 0.2) is 24.3 Å². The third-order valence-corrected chi connectivity index (χ3v) is 14.4. The number of hydrogen-bond donors (Lipinski definition) is 0. The smallest absolute Gasteiger partial charge is 0.306 e. The highest BCUT2D eigenvalue weighted by atomic mass is 16.6. The Morgan fingerprint density at radius 1 is 0.268 bits per heavy atom. The van der Waals surface area contributed by atoms with Gasteiger partial charge >= 0.3 is 17.9 Å². The van der Waals surface area contributed by atoms with Gasteiger partial charge in [0.05, 0.1) is 0 Å². The third-order valence-electron chi connectivity index (χ3n) is 14.4. The monoisotopic (exact) mass is 999 g/mol. The lowest BCUT2D eigenvalue weighted by Gasteiger charge is -2.18. The molecule has 0 rings (SSSR count). The minimum Gasteiger partial charge on any atom is -0.462 e. The summed E-state index contributed by atoms with van der Waals surface area (Å²) in [6.07, 6.45) is 71.9. The minimum absolute atomic E-state index is 0.0724. The maximum atomic E-state index is 12.9. The first-order chi connectivity index (χ1) is 35.0. The molecule has 0 fully saturated rings. The molecule has 0 bridgehead atoms. The Labute approximate surface area is 443 Å². The average Bonchev–Trinajstić information content (AvgIpc) is 3.37. The van der Waals surface area contributed by atoms with Gasteiger partial charge in [0, 0.05) is 19.3 Å². The number of unbranched alkanes of at least 4 members (excludes halogenated alkanes) is 44. The van der Waals surface area contributed by atoms with Crippen LogP contribution in [0.3, 0.4) is 0 Å². The fourth-order valence-corrected chi connectivity index (χ4v) is 9.61. The van der Waals surface area contributed by atoms with Gasteiger partial charge in [-0.2, -0.15) is 0 Å². The highest BCUT2D eigenvalue weighted by Crippen LogP contribution is 2.18. The highest BCUT2D eigenvalue weighted by molar-refractivity contribution is 5.71. The number of carbonyl (C=O) groups excluding carboxylic acids is 3. The molecule has 71 heavy (non-hydrogen) atoms. The molecular weight excluding hydrogens is 877 g/mol. The van der Waals surface area contributed by atoms with Crippen molar-refractivity contribution in [2.45, 2.75) is 361 Å². The maximum absolute atomic E-state index is 12.9. The maximum Gasteiger partial charge on any atom is 0.306 e. The highest BCUT2D eigenvalue weighted by Gasteiger charge is 2.19. The Morgan fingerprint density at radius 2 is 0.465 bits per heavy atom. The van der Waals surface area contributed by atoms with Crippen molar-refractivity contribution in [2.24, 2.45) is 0 Å². The third kappa shape index (κ3) is 58.7. The van der Waals surface area contributed by atoms with Gasteiger partial charge in [0.15, 0.2) is 6.10 Å². The van der Waals surface area contributed by atoms with E-state index < -0.39 is 6.10 Å². The molecule has 6 nitrogen and oxygen atoms in total. The molecule has 0 amide bonds. The van der Waals surface area contributed by atoms with Crippen molar-refractivity contribution in [3.8, 4) is 0 Å². The number of allylic oxidation sites excluding steroid dienone is 4. The number of ether oxygens (including phenoxy) is 3. The van der Waals surface area contributed by atoms with Crippen LogP contribution in [0.4, 0.5) is 0 Å². The van der Waals surface area contributed by atoms with Crippen molar-refractivity contribution in [1.29, 1.82) is 0 Å². The van der Waals surface area contributed by atoms with Crippen molar-refractivity contribution in [3.63, 3.8) is 0 Å². The van der Waals surface area contributed by atoms with Gasteiger partial charge in [-0.1, -0.05) is 289 Å². The predicted molar refractivity (Wildman–Crippen MR) is 307 cm³/mol. The average molecular weight is 1000 g/mol. The number of carbonyl (C=O) groups is 3. The number of hydrogen-bond acceptors (Lipinski definition) is 6. The van der Waals surface area contributed by atoms with Crippen molar-refractivity contribution in [1.82, 2.24) is 0 Å². The van der Waals surface area contributed by atoms with E-state index in [2.05, 4.69) is 45.1 Å². The van der Waals surface area contributed by atoms with Gasteiger partial charge in [-0.15, -0.1) is 0 Å². The van der Waals surface area contributed by atoms with E-state index in [-0.39, 0.29) is 31.1 Å². The van der Waals surface area contributed by atoms with E-state index in [0.29, 0.717) is 19.3 Å². The van der Waals surface area contributed by atoms with E-state index in [4.69, 9.17) is 14.2 Å². The summed E-state index contributed by atoms with van der Waals surface area (Å²) in [5, 5.41) is 0. The van der Waals surface area contributed by atoms with Gasteiger partial charge in [0.25, 0.3) is 0 Å². The lowest BCUT2D eigenvalue weighted by Crippen LogP contribution is -2.30. The summed E-state index contributed by atoms with van der Waals surface area (Å²) >= 11 is 0. The number of esters is 3. The lowest BCUT2D eigenvalue weighted by molar-refractivity contribution is -0.167. The standard InChI is InChI=1S/C65H122O6/c1-4-7-10-13-16-19-22-25-28-29-30-31-32-33-34-35-38-40-43-46-49-52-55-58-64(67)70-61-62(71-65(68)59-56-53-50-47-44-41-37-27-24-21-18-15-12-9-6-3)60-69-63(66)57-54-51-48-45-42-39-36-26-23-20-17-14-11-8-5-2/h26-27,36-37,62H,4-25,28-35,38-61H2,1-3H3/b36-26-,37-27-. The van der Waals surface area contributed by atoms with Crippen LogP contribution in [0.2, 0.25) is 0 Å². The summed E-state index contributed by atoms with van der Waals surface area (Å²) in [6.45, 7) is 6.68. The fraction of sp³-hybridized carbons (Fsp3) is 0.892. The van der Waals surface area contributed by atoms with Crippen LogP contribution in [0.25, 0.3) is 0 Å². The largest absolute Gasteiger partial charge is 0.462 e. The van der Waals surface area contributed by atoms with E-state index in [9.17, 15) is 14.4 Å². The molecule has 0 aromatic carbocycles. The van der Waals surface area contributed by atoms with Gasteiger partial charge in [0.2, 0.25) is 0 Å². The molecule has 0 N–H and O–H groups in total. The molecule has 0 aliphatic carbocycles. The minimum atomic E-state index is -0.776. The second-order valence-corrected chi connectivity index (χ2v) is 21.7. The molecular formula is C65H122O6. The Hall–Kier alpha value is -2.11. The summed E-state index contributed by atoms with van der Waals surface area (Å²) in [6, 6.07) is 0. The predicted octanol–water partition coefficient (Wildman–Crippen LogP) is 21.4. The second-order valence-electron chi connectivity index (χ2n) is 21.7. The Bertz CT molecular complexity index is 1150. The van der Waals surface area contributed by atoms with Gasteiger partial charge < -0.3 is 14.2 Å². The molecule has 6 heteroatoms. The molecule has 0 saturated heterocycles. The Balaban J connectivity index is 4.27. The second kappa shape index (κ2) is 60.4. The molecule has 1 atom stereocenters. The molecule has 1 unspecified atom stereocenters. The molecule has 0 saturated carbocycles. The lowest BCUT2D eigenvalue weighted by atomic mass is 10.0. The summed E-state index contributed by atoms with van der Waals surface area (Å²) in [4.78, 5) is 38.3. The number of rotatable bonds is 59. The van der Waals surface area contributed by atoms with E-state index >= 15 is 0 Å². The normalized spacial score (nSPS) is 12.1. The molecule has 0 aliphatic heterocycles. The van der Waals surface area contributed by atoms with Crippen molar-refractivity contribution >= 4 is 17.9 Å². The fourth-order valence-electron chi connectivity index (χ4n) is 9.61. The zero-order valence-electron chi connectivity index (χ0n) is 48.0. The first-order valence-electron chi connectivity index (χ1n) is 31.8. The zero-order chi connectivity index (χ0) is 51.4. The summed E-state index contributed by atoms with van der Waals surface area (Å²) in [7, 11) is 0. The van der Waals surface area contributed by atoms with Gasteiger partial charge in [-0.3, -0.25) is 14.4 Å². The van der Waals surface area contributed by atoms with Crippen LogP contribution in [-0.2, 0) is 28.6 Å². The SMILES string of the molecule is CCCCCCCC/C=C\CCCCCCCC(=O)OCC(COC(=O)CCCCCCCCCCCCCCCCCCCCCCCCC)OC(=O)CCCCCCC/C=C\CCCCCCCC. The molecule has 0 heterocycles. The van der Waals surface area contributed by atoms with Crippen LogP contribution in [0.5, 0.6) is 0 Å². The molecule has 0 aromatic heterocycles. The molecule has 0 aromatic rings. The Kier molecular flexibility index (Phi) is 58.6. The van der Waals surface area contributed by atoms with Gasteiger partial charge in [0.1, 0.15) is 13.2 Å². The van der Waals surface area contributed by atoms with Crippen molar-refractivity contribution in [3.05, 3.63) is 24.3 Å². The summed E-state index contributed by atoms with van der Waals surface area (Å²) in [5.41, 5.74) is 0. The van der Waals surface area contributed by atoms with Gasteiger partial charge in [-0.25, -0.2) is 0 Å². The topological polar surface area (TPSA) is 78.9 Å². The molecule has 0 aliphatic rings. The first kappa shape index (κ1) is 68.9. The van der Waals surface area contributed by atoms with Crippen LogP contribution < -0.4 is 0 Å². The van der Waals surface area contributed by atoms with Crippen LogP contribution in [0.1, 0.15) is 355 Å². The first-order valence-corrected chi connectivity index (χ1v) is 31.8. The quantitative estimate of drug-likeness (QED) is 0.0261.